The molecule has 1 fully saturated rings. The molecule has 1 N–H and O–H groups in total. The molecular formula is C18H20N2O3. The molecule has 2 amide bonds. The van der Waals surface area contributed by atoms with Crippen molar-refractivity contribution in [3.8, 4) is 0 Å². The molecule has 1 saturated heterocycles. The van der Waals surface area contributed by atoms with Crippen molar-refractivity contribution >= 4 is 22.6 Å². The summed E-state index contributed by atoms with van der Waals surface area (Å²) < 4.78 is 0. The number of hydroxylamine groups is 1. The van der Waals surface area contributed by atoms with E-state index in [-0.39, 0.29) is 17.7 Å². The van der Waals surface area contributed by atoms with Gasteiger partial charge in [-0.3, -0.25) is 14.4 Å². The van der Waals surface area contributed by atoms with Gasteiger partial charge in [0.2, 0.25) is 5.91 Å². The Bertz CT molecular complexity index is 724. The summed E-state index contributed by atoms with van der Waals surface area (Å²) in [5, 5.41) is 1.99. The fourth-order valence-electron chi connectivity index (χ4n) is 3.14. The van der Waals surface area contributed by atoms with Gasteiger partial charge in [0, 0.05) is 18.7 Å². The molecule has 1 aliphatic rings. The molecule has 0 radical (unpaired) electrons. The van der Waals surface area contributed by atoms with Gasteiger partial charge in [-0.2, -0.15) is 0 Å². The number of rotatable bonds is 3. The fourth-order valence-corrected chi connectivity index (χ4v) is 3.14. The monoisotopic (exact) mass is 312 g/mol. The van der Waals surface area contributed by atoms with E-state index in [1.165, 1.54) is 7.11 Å². The highest BCUT2D eigenvalue weighted by atomic mass is 16.6. The Hall–Kier alpha value is -2.40. The summed E-state index contributed by atoms with van der Waals surface area (Å²) in [5.41, 5.74) is 3.06. The number of fused-ring (bicyclic) bond motifs is 1. The maximum absolute atomic E-state index is 12.9. The number of carbonyl (C=O) groups is 2. The molecule has 2 aromatic carbocycles. The highest BCUT2D eigenvalue weighted by Crippen LogP contribution is 2.23. The summed E-state index contributed by atoms with van der Waals surface area (Å²) >= 11 is 0. The minimum atomic E-state index is -0.220. The molecule has 1 unspecified atom stereocenters. The summed E-state index contributed by atoms with van der Waals surface area (Å²) in [5.74, 6) is -0.401. The Kier molecular flexibility index (Phi) is 4.57. The third-order valence-electron chi connectivity index (χ3n) is 4.30. The SMILES string of the molecule is CONC(=O)C1CCCN(C(=O)c2cccc3ccccc23)C1. The Morgan fingerprint density at radius 3 is 2.78 bits per heavy atom. The average molecular weight is 312 g/mol. The van der Waals surface area contributed by atoms with Gasteiger partial charge in [0.05, 0.1) is 13.0 Å². The van der Waals surface area contributed by atoms with E-state index in [9.17, 15) is 9.59 Å². The molecule has 2 aromatic rings. The van der Waals surface area contributed by atoms with Crippen LogP contribution in [-0.4, -0.2) is 36.9 Å². The van der Waals surface area contributed by atoms with Gasteiger partial charge >= 0.3 is 0 Å². The van der Waals surface area contributed by atoms with Crippen LogP contribution in [0.1, 0.15) is 23.2 Å². The second kappa shape index (κ2) is 6.79. The van der Waals surface area contributed by atoms with Crippen LogP contribution in [0.25, 0.3) is 10.8 Å². The predicted molar refractivity (Wildman–Crippen MR) is 87.7 cm³/mol. The Labute approximate surface area is 135 Å². The van der Waals surface area contributed by atoms with Crippen LogP contribution in [0.5, 0.6) is 0 Å². The lowest BCUT2D eigenvalue weighted by Crippen LogP contribution is -2.45. The molecule has 0 aromatic heterocycles. The van der Waals surface area contributed by atoms with Gasteiger partial charge in [-0.15, -0.1) is 0 Å². The Morgan fingerprint density at radius 2 is 1.96 bits per heavy atom. The number of piperidine rings is 1. The van der Waals surface area contributed by atoms with Gasteiger partial charge in [-0.05, 0) is 29.7 Å². The van der Waals surface area contributed by atoms with Crippen molar-refractivity contribution in [2.45, 2.75) is 12.8 Å². The first-order valence-electron chi connectivity index (χ1n) is 7.80. The zero-order chi connectivity index (χ0) is 16.2. The third-order valence-corrected chi connectivity index (χ3v) is 4.30. The van der Waals surface area contributed by atoms with Crippen molar-refractivity contribution in [3.05, 3.63) is 48.0 Å². The summed E-state index contributed by atoms with van der Waals surface area (Å²) in [6, 6.07) is 13.6. The summed E-state index contributed by atoms with van der Waals surface area (Å²) in [7, 11) is 1.42. The van der Waals surface area contributed by atoms with Crippen molar-refractivity contribution < 1.29 is 14.4 Å². The van der Waals surface area contributed by atoms with Crippen LogP contribution in [0, 0.1) is 5.92 Å². The smallest absolute Gasteiger partial charge is 0.254 e. The van der Waals surface area contributed by atoms with Crippen molar-refractivity contribution in [1.82, 2.24) is 10.4 Å². The van der Waals surface area contributed by atoms with Crippen LogP contribution in [-0.2, 0) is 9.63 Å². The highest BCUT2D eigenvalue weighted by Gasteiger charge is 2.29. The molecule has 120 valence electrons. The number of likely N-dealkylation sites (tertiary alicyclic amines) is 1. The van der Waals surface area contributed by atoms with Gasteiger partial charge in [-0.1, -0.05) is 36.4 Å². The standard InChI is InChI=1S/C18H20N2O3/c1-23-19-17(21)14-8-5-11-20(12-14)18(22)16-10-4-7-13-6-2-3-9-15(13)16/h2-4,6-7,9-10,14H,5,8,11-12H2,1H3,(H,19,21). The lowest BCUT2D eigenvalue weighted by molar-refractivity contribution is -0.136. The summed E-state index contributed by atoms with van der Waals surface area (Å²) in [4.78, 5) is 31.3. The molecule has 1 aliphatic heterocycles. The predicted octanol–water partition coefficient (Wildman–Crippen LogP) is 2.37. The number of nitrogens with zero attached hydrogens (tertiary/aromatic N) is 1. The molecule has 0 spiro atoms. The van der Waals surface area contributed by atoms with Crippen molar-refractivity contribution in [1.29, 1.82) is 0 Å². The van der Waals surface area contributed by atoms with Crippen LogP contribution < -0.4 is 5.48 Å². The summed E-state index contributed by atoms with van der Waals surface area (Å²) in [6.07, 6.45) is 1.59. The zero-order valence-electron chi connectivity index (χ0n) is 13.1. The summed E-state index contributed by atoms with van der Waals surface area (Å²) in [6.45, 7) is 1.11. The number of carbonyl (C=O) groups excluding carboxylic acids is 2. The van der Waals surface area contributed by atoms with Crippen molar-refractivity contribution in [3.63, 3.8) is 0 Å². The second-order valence-electron chi connectivity index (χ2n) is 5.79. The van der Waals surface area contributed by atoms with E-state index in [2.05, 4.69) is 5.48 Å². The van der Waals surface area contributed by atoms with Crippen LogP contribution in [0.2, 0.25) is 0 Å². The lowest BCUT2D eigenvalue weighted by atomic mass is 9.96. The van der Waals surface area contributed by atoms with Gasteiger partial charge in [0.25, 0.3) is 5.91 Å². The molecule has 3 rings (SSSR count). The molecule has 0 bridgehead atoms. The molecule has 0 saturated carbocycles. The fraction of sp³-hybridized carbons (Fsp3) is 0.333. The molecule has 0 aliphatic carbocycles. The van der Waals surface area contributed by atoms with E-state index in [0.29, 0.717) is 18.7 Å². The molecular weight excluding hydrogens is 292 g/mol. The van der Waals surface area contributed by atoms with Crippen LogP contribution in [0.4, 0.5) is 0 Å². The highest BCUT2D eigenvalue weighted by molar-refractivity contribution is 6.07. The van der Waals surface area contributed by atoms with Gasteiger partial charge in [0.1, 0.15) is 0 Å². The van der Waals surface area contributed by atoms with Crippen molar-refractivity contribution in [2.24, 2.45) is 5.92 Å². The van der Waals surface area contributed by atoms with Gasteiger partial charge in [-0.25, -0.2) is 5.48 Å². The molecule has 1 atom stereocenters. The van der Waals surface area contributed by atoms with Crippen LogP contribution in [0.15, 0.2) is 42.5 Å². The molecule has 23 heavy (non-hydrogen) atoms. The quantitative estimate of drug-likeness (QED) is 0.885. The van der Waals surface area contributed by atoms with E-state index >= 15 is 0 Å². The maximum Gasteiger partial charge on any atom is 0.254 e. The van der Waals surface area contributed by atoms with E-state index in [0.717, 1.165) is 23.6 Å². The third kappa shape index (κ3) is 3.19. The minimum Gasteiger partial charge on any atom is -0.338 e. The van der Waals surface area contributed by atoms with Crippen LogP contribution >= 0.6 is 0 Å². The van der Waals surface area contributed by atoms with Gasteiger partial charge < -0.3 is 4.90 Å². The molecule has 5 heteroatoms. The number of nitrogens with one attached hydrogen (secondary N) is 1. The van der Waals surface area contributed by atoms with E-state index in [1.54, 1.807) is 4.90 Å². The first kappa shape index (κ1) is 15.5. The van der Waals surface area contributed by atoms with E-state index in [1.807, 2.05) is 42.5 Å². The molecule has 5 nitrogen and oxygen atoms in total. The lowest BCUT2D eigenvalue weighted by Gasteiger charge is -2.32. The van der Waals surface area contributed by atoms with Crippen molar-refractivity contribution in [2.75, 3.05) is 20.2 Å². The molecule has 1 heterocycles. The number of hydrogen-bond donors (Lipinski definition) is 1. The largest absolute Gasteiger partial charge is 0.338 e. The van der Waals surface area contributed by atoms with E-state index in [4.69, 9.17) is 4.84 Å². The normalized spacial score (nSPS) is 18.0. The van der Waals surface area contributed by atoms with Crippen LogP contribution in [0.3, 0.4) is 0 Å². The minimum absolute atomic E-state index is 0.0169. The zero-order valence-corrected chi connectivity index (χ0v) is 13.1. The van der Waals surface area contributed by atoms with Gasteiger partial charge in [0.15, 0.2) is 0 Å². The van der Waals surface area contributed by atoms with E-state index < -0.39 is 0 Å². The average Bonchev–Trinajstić information content (AvgIpc) is 2.61. The topological polar surface area (TPSA) is 58.6 Å². The number of amides is 2. The Balaban J connectivity index is 1.83. The number of hydrogen-bond acceptors (Lipinski definition) is 3. The first-order valence-corrected chi connectivity index (χ1v) is 7.80. The first-order chi connectivity index (χ1) is 11.2. The maximum atomic E-state index is 12.9. The number of benzene rings is 2. The Morgan fingerprint density at radius 1 is 1.17 bits per heavy atom. The second-order valence-corrected chi connectivity index (χ2v) is 5.79.